The average Bonchev–Trinajstić information content (AvgIpc) is 2.72. The molecule has 88 heavy (non-hydrogen) atoms. The molecule has 0 saturated carbocycles. The van der Waals surface area contributed by atoms with E-state index < -0.39 is 42.3 Å². The number of rotatable bonds is 5. The number of ketones is 1. The number of hydrogen-bond acceptors (Lipinski definition) is 18. The van der Waals surface area contributed by atoms with E-state index in [1.54, 1.807) is 44.0 Å². The van der Waals surface area contributed by atoms with Gasteiger partial charge in [0.25, 0.3) is 11.8 Å². The highest BCUT2D eigenvalue weighted by atomic mass is 79.9. The molecule has 28 heteroatoms. The summed E-state index contributed by atoms with van der Waals surface area (Å²) in [6.07, 6.45) is 9.86. The maximum atomic E-state index is 14.9. The van der Waals surface area contributed by atoms with Gasteiger partial charge in [0.2, 0.25) is 5.78 Å². The number of aromatic nitrogens is 8. The quantitative estimate of drug-likeness (QED) is 0.0534. The summed E-state index contributed by atoms with van der Waals surface area (Å²) in [6.45, 7) is 17.3. The van der Waals surface area contributed by atoms with Crippen LogP contribution in [0.25, 0.3) is 28.6 Å². The topological polar surface area (TPSA) is 290 Å². The number of hydrogen-bond donors (Lipinski definition) is 2. The van der Waals surface area contributed by atoms with Crippen LogP contribution in [0, 0.1) is 58.5 Å². The third kappa shape index (κ3) is 17.6. The minimum atomic E-state index is -3.70. The molecule has 5 aliphatic heterocycles. The van der Waals surface area contributed by atoms with Crippen LogP contribution in [-0.2, 0) is 50.4 Å². The van der Waals surface area contributed by atoms with Gasteiger partial charge in [-0.1, -0.05) is 43.7 Å². The van der Waals surface area contributed by atoms with E-state index in [2.05, 4.69) is 102 Å². The van der Waals surface area contributed by atoms with Gasteiger partial charge in [-0.25, -0.2) is 23.3 Å². The lowest BCUT2D eigenvalue weighted by molar-refractivity contribution is -0.184. The Labute approximate surface area is 516 Å². The number of ether oxygens (including phenoxy) is 6. The van der Waals surface area contributed by atoms with Gasteiger partial charge in [0.1, 0.15) is 64.4 Å². The van der Waals surface area contributed by atoms with E-state index in [9.17, 15) is 27.7 Å². The lowest BCUT2D eigenvalue weighted by Crippen LogP contribution is -2.48. The molecule has 4 aromatic heterocycles. The molecule has 3 fully saturated rings. The zero-order valence-corrected chi connectivity index (χ0v) is 52.6. The molecule has 0 spiro atoms. The number of carbonyl (C=O) groups excluding carboxylic acids is 3. The summed E-state index contributed by atoms with van der Waals surface area (Å²) in [5.74, 6) is 8.78. The molecule has 0 aliphatic carbocycles. The number of anilines is 2. The molecular formula is C60H68BrF2N12O12P. The minimum Gasteiger partial charge on any atom is -0.493 e. The summed E-state index contributed by atoms with van der Waals surface area (Å²) in [5.41, 5.74) is 9.29. The van der Waals surface area contributed by atoms with Crippen molar-refractivity contribution in [1.29, 1.82) is 0 Å². The third-order valence-corrected chi connectivity index (χ3v) is 16.5. The zero-order chi connectivity index (χ0) is 63.8. The second kappa shape index (κ2) is 30.3. The van der Waals surface area contributed by atoms with Crippen molar-refractivity contribution in [3.63, 3.8) is 0 Å². The molecule has 2 amide bonds. The Kier molecular flexibility index (Phi) is 23.3. The van der Waals surface area contributed by atoms with E-state index in [4.69, 9.17) is 40.4 Å². The summed E-state index contributed by atoms with van der Waals surface area (Å²) in [4.78, 5) is 48.3. The van der Waals surface area contributed by atoms with Crippen LogP contribution in [0.4, 0.5) is 20.4 Å². The van der Waals surface area contributed by atoms with E-state index in [0.717, 1.165) is 47.6 Å². The second-order valence-electron chi connectivity index (χ2n) is 21.9. The summed E-state index contributed by atoms with van der Waals surface area (Å²) in [5, 5.41) is 21.9. The number of Topliss-reactive ketones (excluding diaryl/α,β-unsaturated/α-hetero) is 1. The van der Waals surface area contributed by atoms with Crippen LogP contribution in [0.5, 0.6) is 11.5 Å². The lowest BCUT2D eigenvalue weighted by Gasteiger charge is -2.36. The molecule has 0 unspecified atom stereocenters. The van der Waals surface area contributed by atoms with Crippen molar-refractivity contribution in [2.45, 2.75) is 73.1 Å². The van der Waals surface area contributed by atoms with Crippen LogP contribution in [0.1, 0.15) is 80.7 Å². The molecule has 2 N–H and O–H groups in total. The average molecular weight is 1300 g/mol. The first-order valence-corrected chi connectivity index (χ1v) is 30.0. The van der Waals surface area contributed by atoms with E-state index in [1.165, 1.54) is 24.3 Å². The van der Waals surface area contributed by atoms with Gasteiger partial charge in [-0.3, -0.25) is 14.4 Å². The van der Waals surface area contributed by atoms with Crippen molar-refractivity contribution in [1.82, 2.24) is 39.5 Å². The van der Waals surface area contributed by atoms with Crippen molar-refractivity contribution in [2.24, 2.45) is 22.7 Å². The number of amides is 2. The maximum Gasteiger partial charge on any atom is 0.446 e. The SMILES string of the molecule is C#CC1(C)COC1.COC1(C)COC1.COP(=O)(OC)C(=[N+]=[N-])C(C)=O.C[C@H]1CCOc2cc(F)c(Br)cc2C(=O)Nc2cccc(n2)-c2nncn2C1.C[C@H]1CCOc2cc(F)c(C#CC3(C)COC3)cc2C(=O)Nc2cccc(n2)-c2nncn2C1. The van der Waals surface area contributed by atoms with Crippen molar-refractivity contribution in [3.8, 4) is 58.7 Å². The molecule has 5 aliphatic rings. The Balaban J connectivity index is 0.000000181. The third-order valence-electron chi connectivity index (χ3n) is 14.0. The first kappa shape index (κ1) is 67.6. The summed E-state index contributed by atoms with van der Waals surface area (Å²) >= 11 is 3.13. The van der Waals surface area contributed by atoms with E-state index >= 15 is 0 Å². The number of halogens is 3. The first-order chi connectivity index (χ1) is 42.0. The van der Waals surface area contributed by atoms with Gasteiger partial charge in [0.05, 0.1) is 84.8 Å². The standard InChI is InChI=1S/C25H24FN5O3.C19H17BrFN5O2.C6H8O.C5H9N2O4P.C5H10O2/c1-16-7-9-34-21-11-19(26)17(6-8-25(2)13-33-14-25)10-18(21)24(32)29-22-5-3-4-20(28-22)23-30-27-15-31(23)12-16;1-11-5-6-28-16-8-14(21)13(20)7-12(16)19(27)24-17-4-2-3-15(23-17)18-25-22-10-26(18)9-11;1-3-6(2)4-7-5-6;1-4(8)5(7-6)12(9,10-2)11-3;1-5(6-2)3-7-4-5/h3-5,10-11,15-16H,7,9,12-14H2,1-2H3,(H,28,29,32);2-4,7-8,10-11H,5-6,9H2,1H3,(H,23,24,27);1H,4-5H2,2H3;1-3H3;3-4H2,1-2H3/t16-;11-;;;/m00.../s1. The largest absolute Gasteiger partial charge is 0.493 e. The molecule has 24 nitrogen and oxygen atoms in total. The first-order valence-electron chi connectivity index (χ1n) is 27.6. The Hall–Kier alpha value is -7.94. The fourth-order valence-electron chi connectivity index (χ4n) is 8.43. The minimum absolute atomic E-state index is 0.0417. The van der Waals surface area contributed by atoms with Gasteiger partial charge in [-0.05, 0) is 97.8 Å². The monoisotopic (exact) mass is 1300 g/mol. The van der Waals surface area contributed by atoms with Crippen LogP contribution in [0.15, 0.2) is 77.8 Å². The maximum absolute atomic E-state index is 14.9. The Morgan fingerprint density at radius 2 is 1.24 bits per heavy atom. The van der Waals surface area contributed by atoms with Crippen LogP contribution in [0.3, 0.4) is 0 Å². The molecule has 3 saturated heterocycles. The number of pyridine rings is 2. The van der Waals surface area contributed by atoms with Crippen LogP contribution < -0.4 is 20.1 Å². The Morgan fingerprint density at radius 1 is 0.761 bits per heavy atom. The highest BCUT2D eigenvalue weighted by Crippen LogP contribution is 2.47. The van der Waals surface area contributed by atoms with Gasteiger partial charge in [-0.2, -0.15) is 4.79 Å². The van der Waals surface area contributed by atoms with Crippen LogP contribution in [0.2, 0.25) is 0 Å². The predicted molar refractivity (Wildman–Crippen MR) is 322 cm³/mol. The molecule has 466 valence electrons. The zero-order valence-electron chi connectivity index (χ0n) is 50.1. The number of nitrogens with one attached hydrogen (secondary N) is 2. The highest BCUT2D eigenvalue weighted by Gasteiger charge is 2.42. The number of benzene rings is 2. The van der Waals surface area contributed by atoms with Crippen LogP contribution >= 0.6 is 23.5 Å². The summed E-state index contributed by atoms with van der Waals surface area (Å²) in [7, 11) is 0.205. The Bertz CT molecular complexity index is 3690. The second-order valence-corrected chi connectivity index (χ2v) is 24.9. The van der Waals surface area contributed by atoms with Gasteiger partial charge < -0.3 is 62.8 Å². The van der Waals surface area contributed by atoms with Crippen LogP contribution in [-0.4, -0.2) is 147 Å². The summed E-state index contributed by atoms with van der Waals surface area (Å²) in [6, 6.07) is 15.9. The molecule has 2 atom stereocenters. The molecule has 2 aromatic carbocycles. The van der Waals surface area contributed by atoms with Gasteiger partial charge in [0.15, 0.2) is 11.6 Å². The van der Waals surface area contributed by atoms with E-state index in [1.807, 2.05) is 42.0 Å². The number of terminal acetylenes is 1. The molecule has 6 aromatic rings. The van der Waals surface area contributed by atoms with E-state index in [0.29, 0.717) is 87.0 Å². The summed E-state index contributed by atoms with van der Waals surface area (Å²) < 4.78 is 84.8. The Morgan fingerprint density at radius 3 is 1.61 bits per heavy atom. The van der Waals surface area contributed by atoms with Crippen molar-refractivity contribution >= 4 is 58.2 Å². The fourth-order valence-corrected chi connectivity index (χ4v) is 9.76. The van der Waals surface area contributed by atoms with Crippen molar-refractivity contribution in [3.05, 3.63) is 112 Å². The molecular weight excluding hydrogens is 1230 g/mol. The smallest absolute Gasteiger partial charge is 0.446 e. The van der Waals surface area contributed by atoms with Crippen molar-refractivity contribution in [2.75, 3.05) is 84.8 Å². The number of carbonyl (C=O) groups is 3. The molecule has 11 rings (SSSR count). The number of methoxy groups -OCH3 is 1. The predicted octanol–water partition coefficient (Wildman–Crippen LogP) is 9.22. The molecule has 4 bridgehead atoms. The van der Waals surface area contributed by atoms with E-state index in [-0.39, 0.29) is 60.9 Å². The normalized spacial score (nSPS) is 18.4. The van der Waals surface area contributed by atoms with Crippen molar-refractivity contribution < 1.29 is 70.0 Å². The van der Waals surface area contributed by atoms with Gasteiger partial charge >= 0.3 is 13.0 Å². The molecule has 0 radical (unpaired) electrons. The van der Waals surface area contributed by atoms with Gasteiger partial charge in [-0.15, -0.1) is 26.8 Å². The molecule has 9 heterocycles. The number of nitrogens with zero attached hydrogens (tertiary/aromatic N) is 10. The highest BCUT2D eigenvalue weighted by molar-refractivity contribution is 9.10. The van der Waals surface area contributed by atoms with Gasteiger partial charge in [0, 0.05) is 53.5 Å². The number of fused-ring (bicyclic) bond motifs is 10. The lowest BCUT2D eigenvalue weighted by atomic mass is 9.89. The fraction of sp³-hybridized carbons (Fsp3) is 0.433.